The van der Waals surface area contributed by atoms with Crippen LogP contribution in [0, 0.1) is 11.3 Å². The van der Waals surface area contributed by atoms with Crippen LogP contribution in [0.5, 0.6) is 0 Å². The maximum atomic E-state index is 13.3. The van der Waals surface area contributed by atoms with Gasteiger partial charge in [-0.3, -0.25) is 9.69 Å². The van der Waals surface area contributed by atoms with Crippen LogP contribution in [-0.4, -0.2) is 23.8 Å². The Morgan fingerprint density at radius 2 is 1.77 bits per heavy atom. The van der Waals surface area contributed by atoms with Gasteiger partial charge in [-0.1, -0.05) is 18.2 Å². The number of hydrogen-bond donors (Lipinski definition) is 0. The summed E-state index contributed by atoms with van der Waals surface area (Å²) in [4.78, 5) is 28.9. The number of alkyl halides is 3. The number of Topliss-reactive ketones (excluding diaryl/α,β-unsaturated/α-hetero) is 1. The molecule has 0 saturated carbocycles. The molecule has 0 saturated heterocycles. The van der Waals surface area contributed by atoms with E-state index in [2.05, 4.69) is 0 Å². The smallest absolute Gasteiger partial charge is 0.316 e. The highest BCUT2D eigenvalue weighted by Gasteiger charge is 2.43. The molecule has 0 fully saturated rings. The molecule has 4 rings (SSSR count). The molecule has 1 atom stereocenters. The third kappa shape index (κ3) is 3.56. The number of amides is 2. The number of halogens is 3. The zero-order chi connectivity index (χ0) is 22.3. The van der Waals surface area contributed by atoms with E-state index in [1.54, 1.807) is 24.3 Å². The fourth-order valence-corrected chi connectivity index (χ4v) is 4.18. The second-order valence-corrected chi connectivity index (χ2v) is 7.55. The van der Waals surface area contributed by atoms with Gasteiger partial charge < -0.3 is 4.90 Å². The molecule has 0 bridgehead atoms. The minimum Gasteiger partial charge on any atom is -0.316 e. The summed E-state index contributed by atoms with van der Waals surface area (Å²) in [6, 6.07) is 12.0. The number of carbonyl (C=O) groups is 2. The van der Waals surface area contributed by atoms with E-state index in [0.29, 0.717) is 41.7 Å². The van der Waals surface area contributed by atoms with Crippen LogP contribution < -0.4 is 4.90 Å². The Hall–Kier alpha value is -3.60. The highest BCUT2D eigenvalue weighted by atomic mass is 19.4. The summed E-state index contributed by atoms with van der Waals surface area (Å²) in [7, 11) is 1.53. The number of nitriles is 1. The van der Waals surface area contributed by atoms with Crippen LogP contribution in [0.1, 0.15) is 42.0 Å². The first kappa shape index (κ1) is 20.7. The number of benzene rings is 2. The van der Waals surface area contributed by atoms with E-state index in [1.165, 1.54) is 29.0 Å². The minimum absolute atomic E-state index is 0.0761. The summed E-state index contributed by atoms with van der Waals surface area (Å²) in [5.74, 6) is -0.132. The molecule has 2 aliphatic rings. The lowest BCUT2D eigenvalue weighted by molar-refractivity contribution is -0.137. The maximum absolute atomic E-state index is 13.3. The lowest BCUT2D eigenvalue weighted by Gasteiger charge is -2.43. The van der Waals surface area contributed by atoms with E-state index in [-0.39, 0.29) is 11.5 Å². The highest BCUT2D eigenvalue weighted by molar-refractivity contribution is 6.06. The Morgan fingerprint density at radius 1 is 1.06 bits per heavy atom. The highest BCUT2D eigenvalue weighted by Crippen LogP contribution is 2.44. The zero-order valence-electron chi connectivity index (χ0n) is 16.6. The van der Waals surface area contributed by atoms with Gasteiger partial charge in [0.25, 0.3) is 0 Å². The van der Waals surface area contributed by atoms with Crippen molar-refractivity contribution in [2.45, 2.75) is 31.5 Å². The standard InChI is InChI=1S/C23H18F3N3O2/c1-28-21(15-10-8-14(13-27)9-11-15)20-18(6-3-7-19(20)30)29(22(28)31)17-5-2-4-16(12-17)23(24,25)26/h2,4-5,8-12,21H,3,6-7H2,1H3/t21-/m1/s1. The van der Waals surface area contributed by atoms with Gasteiger partial charge in [0.15, 0.2) is 5.78 Å². The van der Waals surface area contributed by atoms with E-state index < -0.39 is 23.8 Å². The van der Waals surface area contributed by atoms with Gasteiger partial charge in [-0.2, -0.15) is 18.4 Å². The first-order valence-corrected chi connectivity index (χ1v) is 9.73. The van der Waals surface area contributed by atoms with Crippen molar-refractivity contribution in [1.29, 1.82) is 5.26 Å². The number of rotatable bonds is 2. The molecule has 158 valence electrons. The number of nitrogens with zero attached hydrogens (tertiary/aromatic N) is 3. The molecule has 2 aromatic carbocycles. The summed E-state index contributed by atoms with van der Waals surface area (Å²) < 4.78 is 39.7. The topological polar surface area (TPSA) is 64.4 Å². The maximum Gasteiger partial charge on any atom is 0.416 e. The quantitative estimate of drug-likeness (QED) is 0.665. The van der Waals surface area contributed by atoms with E-state index in [4.69, 9.17) is 5.26 Å². The molecule has 1 heterocycles. The van der Waals surface area contributed by atoms with Gasteiger partial charge in [-0.25, -0.2) is 4.79 Å². The van der Waals surface area contributed by atoms with Crippen LogP contribution in [0.3, 0.4) is 0 Å². The number of anilines is 1. The predicted molar refractivity (Wildman–Crippen MR) is 107 cm³/mol. The number of ketones is 1. The molecular weight excluding hydrogens is 407 g/mol. The summed E-state index contributed by atoms with van der Waals surface area (Å²) >= 11 is 0. The van der Waals surface area contributed by atoms with Gasteiger partial charge in [0, 0.05) is 24.7 Å². The van der Waals surface area contributed by atoms with Gasteiger partial charge in [-0.05, 0) is 48.7 Å². The van der Waals surface area contributed by atoms with E-state index >= 15 is 0 Å². The third-order valence-corrected chi connectivity index (χ3v) is 5.64. The second-order valence-electron chi connectivity index (χ2n) is 7.55. The van der Waals surface area contributed by atoms with E-state index in [0.717, 1.165) is 12.1 Å². The lowest BCUT2D eigenvalue weighted by atomic mass is 9.83. The van der Waals surface area contributed by atoms with Gasteiger partial charge in [0.05, 0.1) is 28.9 Å². The molecule has 8 heteroatoms. The average Bonchev–Trinajstić information content (AvgIpc) is 2.75. The van der Waals surface area contributed by atoms with Crippen molar-refractivity contribution < 1.29 is 22.8 Å². The largest absolute Gasteiger partial charge is 0.416 e. The lowest BCUT2D eigenvalue weighted by Crippen LogP contribution is -2.50. The van der Waals surface area contributed by atoms with Crippen LogP contribution in [0.2, 0.25) is 0 Å². The van der Waals surface area contributed by atoms with Gasteiger partial charge >= 0.3 is 12.2 Å². The van der Waals surface area contributed by atoms with Crippen LogP contribution >= 0.6 is 0 Å². The second kappa shape index (κ2) is 7.58. The summed E-state index contributed by atoms with van der Waals surface area (Å²) in [5.41, 5.74) is 1.18. The molecule has 0 unspecified atom stereocenters. The molecular formula is C23H18F3N3O2. The Balaban J connectivity index is 1.88. The van der Waals surface area contributed by atoms with Gasteiger partial charge in [0.2, 0.25) is 0 Å². The molecule has 2 amide bonds. The molecule has 1 aliphatic carbocycles. The Morgan fingerprint density at radius 3 is 2.42 bits per heavy atom. The fourth-order valence-electron chi connectivity index (χ4n) is 4.18. The van der Waals surface area contributed by atoms with Gasteiger partial charge in [0.1, 0.15) is 0 Å². The van der Waals surface area contributed by atoms with Crippen LogP contribution in [-0.2, 0) is 11.0 Å². The fraction of sp³-hybridized carbons (Fsp3) is 0.261. The summed E-state index contributed by atoms with van der Waals surface area (Å²) in [6.07, 6.45) is -3.32. The molecule has 2 aromatic rings. The normalized spacial score (nSPS) is 19.4. The van der Waals surface area contributed by atoms with Crippen LogP contribution in [0.15, 0.2) is 59.8 Å². The molecule has 0 aromatic heterocycles. The molecule has 0 spiro atoms. The van der Waals surface area contributed by atoms with Crippen LogP contribution in [0.25, 0.3) is 0 Å². The molecule has 0 N–H and O–H groups in total. The Labute approximate surface area is 177 Å². The van der Waals surface area contributed by atoms with Crippen molar-refractivity contribution >= 4 is 17.5 Å². The van der Waals surface area contributed by atoms with E-state index in [1.807, 2.05) is 6.07 Å². The molecule has 31 heavy (non-hydrogen) atoms. The van der Waals surface area contributed by atoms with Crippen molar-refractivity contribution in [3.8, 4) is 6.07 Å². The van der Waals surface area contributed by atoms with Crippen molar-refractivity contribution in [3.05, 3.63) is 76.5 Å². The number of likely N-dealkylation sites (N-methyl/N-ethyl adjacent to an activating group) is 1. The van der Waals surface area contributed by atoms with Crippen molar-refractivity contribution in [1.82, 2.24) is 4.90 Å². The SMILES string of the molecule is CN1C(=O)N(c2cccc(C(F)(F)F)c2)C2=C(C(=O)CCC2)[C@H]1c1ccc(C#N)cc1. The summed E-state index contributed by atoms with van der Waals surface area (Å²) in [5, 5.41) is 9.04. The number of allylic oxidation sites excluding steroid dienone is 1. The number of carbonyl (C=O) groups excluding carboxylic acids is 2. The summed E-state index contributed by atoms with van der Waals surface area (Å²) in [6.45, 7) is 0. The van der Waals surface area contributed by atoms with Crippen molar-refractivity contribution in [2.24, 2.45) is 0 Å². The Kier molecular flexibility index (Phi) is 5.05. The zero-order valence-corrected chi connectivity index (χ0v) is 16.6. The molecule has 5 nitrogen and oxygen atoms in total. The molecule has 1 aliphatic heterocycles. The third-order valence-electron chi connectivity index (χ3n) is 5.64. The molecule has 0 radical (unpaired) electrons. The number of hydrogen-bond acceptors (Lipinski definition) is 3. The predicted octanol–water partition coefficient (Wildman–Crippen LogP) is 5.20. The first-order chi connectivity index (χ1) is 14.7. The van der Waals surface area contributed by atoms with Crippen LogP contribution in [0.4, 0.5) is 23.7 Å². The van der Waals surface area contributed by atoms with E-state index in [9.17, 15) is 22.8 Å². The van der Waals surface area contributed by atoms with Crippen molar-refractivity contribution in [3.63, 3.8) is 0 Å². The van der Waals surface area contributed by atoms with Crippen molar-refractivity contribution in [2.75, 3.05) is 11.9 Å². The number of urea groups is 1. The Bertz CT molecular complexity index is 1130. The minimum atomic E-state index is -4.55. The average molecular weight is 425 g/mol. The van der Waals surface area contributed by atoms with Gasteiger partial charge in [-0.15, -0.1) is 0 Å². The first-order valence-electron chi connectivity index (χ1n) is 9.73. The monoisotopic (exact) mass is 425 g/mol.